The van der Waals surface area contributed by atoms with Crippen molar-refractivity contribution in [2.45, 2.75) is 18.9 Å². The molecule has 0 aromatic carbocycles. The van der Waals surface area contributed by atoms with Crippen LogP contribution in [0, 0.1) is 0 Å². The van der Waals surface area contributed by atoms with E-state index in [9.17, 15) is 0 Å². The Morgan fingerprint density at radius 2 is 2.33 bits per heavy atom. The van der Waals surface area contributed by atoms with Crippen LogP contribution in [0.25, 0.3) is 0 Å². The van der Waals surface area contributed by atoms with Crippen molar-refractivity contribution in [2.75, 3.05) is 33.7 Å². The highest BCUT2D eigenvalue weighted by atomic mass is 15.4. The van der Waals surface area contributed by atoms with Gasteiger partial charge in [-0.1, -0.05) is 6.92 Å². The summed E-state index contributed by atoms with van der Waals surface area (Å²) in [6, 6.07) is 2.72. The van der Waals surface area contributed by atoms with Gasteiger partial charge in [-0.05, 0) is 20.2 Å². The summed E-state index contributed by atoms with van der Waals surface area (Å²) in [6.45, 7) is 5.50. The molecule has 1 N–H and O–H groups in total. The first-order chi connectivity index (χ1) is 7.22. The molecule has 0 amide bonds. The molecule has 0 radical (unpaired) electrons. The highest BCUT2D eigenvalue weighted by Gasteiger charge is 2.27. The quantitative estimate of drug-likeness (QED) is 0.790. The van der Waals surface area contributed by atoms with Crippen LogP contribution in [0.15, 0.2) is 12.3 Å². The van der Waals surface area contributed by atoms with Gasteiger partial charge in [-0.25, -0.2) is 0 Å². The van der Waals surface area contributed by atoms with E-state index in [4.69, 9.17) is 0 Å². The lowest BCUT2D eigenvalue weighted by Gasteiger charge is -2.37. The Labute approximate surface area is 91.3 Å². The van der Waals surface area contributed by atoms with Crippen molar-refractivity contribution < 1.29 is 0 Å². The molecule has 4 nitrogen and oxygen atoms in total. The van der Waals surface area contributed by atoms with Crippen LogP contribution < -0.4 is 5.32 Å². The Kier molecular flexibility index (Phi) is 3.07. The van der Waals surface area contributed by atoms with Gasteiger partial charge in [-0.15, -0.1) is 0 Å². The van der Waals surface area contributed by atoms with Gasteiger partial charge in [0.05, 0.1) is 6.04 Å². The van der Waals surface area contributed by atoms with Crippen molar-refractivity contribution in [1.29, 1.82) is 0 Å². The number of hydrogen-bond acceptors (Lipinski definition) is 3. The molecule has 1 aromatic heterocycles. The van der Waals surface area contributed by atoms with Crippen LogP contribution in [0.1, 0.15) is 24.6 Å². The molecule has 2 rings (SSSR count). The minimum absolute atomic E-state index is 0.531. The molecule has 1 unspecified atom stereocenters. The molecule has 1 aromatic rings. The third-order valence-corrected chi connectivity index (χ3v) is 3.11. The first-order valence-corrected chi connectivity index (χ1v) is 5.59. The zero-order valence-electron chi connectivity index (χ0n) is 9.77. The van der Waals surface area contributed by atoms with Gasteiger partial charge in [0.2, 0.25) is 0 Å². The monoisotopic (exact) mass is 208 g/mol. The lowest BCUT2D eigenvalue weighted by Crippen LogP contribution is -2.46. The molecule has 1 aliphatic rings. The van der Waals surface area contributed by atoms with Crippen LogP contribution in [0.2, 0.25) is 0 Å². The maximum absolute atomic E-state index is 4.44. The topological polar surface area (TPSA) is 33.1 Å². The number of nitrogens with zero attached hydrogens (tertiary/aromatic N) is 3. The minimum atomic E-state index is 0.531. The van der Waals surface area contributed by atoms with Crippen LogP contribution >= 0.6 is 0 Å². The average molecular weight is 208 g/mol. The van der Waals surface area contributed by atoms with E-state index in [1.54, 1.807) is 0 Å². The molecule has 84 valence electrons. The lowest BCUT2D eigenvalue weighted by atomic mass is 10.1. The van der Waals surface area contributed by atoms with Gasteiger partial charge in [0.1, 0.15) is 0 Å². The van der Waals surface area contributed by atoms with E-state index in [-0.39, 0.29) is 0 Å². The summed E-state index contributed by atoms with van der Waals surface area (Å²) in [5.74, 6) is 0.531. The van der Waals surface area contributed by atoms with E-state index in [0.29, 0.717) is 12.0 Å². The minimum Gasteiger partial charge on any atom is -0.319 e. The van der Waals surface area contributed by atoms with Crippen LogP contribution in [0.5, 0.6) is 0 Å². The van der Waals surface area contributed by atoms with Crippen molar-refractivity contribution >= 4 is 0 Å². The lowest BCUT2D eigenvalue weighted by molar-refractivity contribution is 0.127. The van der Waals surface area contributed by atoms with Crippen LogP contribution in [-0.4, -0.2) is 48.4 Å². The number of aromatic nitrogens is 2. The molecule has 15 heavy (non-hydrogen) atoms. The fourth-order valence-corrected chi connectivity index (χ4v) is 2.25. The highest BCUT2D eigenvalue weighted by molar-refractivity contribution is 5.09. The summed E-state index contributed by atoms with van der Waals surface area (Å²) in [7, 11) is 4.14. The van der Waals surface area contributed by atoms with Gasteiger partial charge in [0.15, 0.2) is 0 Å². The summed E-state index contributed by atoms with van der Waals surface area (Å²) in [4.78, 5) is 2.32. The van der Waals surface area contributed by atoms with Gasteiger partial charge in [0, 0.05) is 37.4 Å². The van der Waals surface area contributed by atoms with E-state index in [0.717, 1.165) is 19.6 Å². The smallest absolute Gasteiger partial charge is 0.0775 e. The van der Waals surface area contributed by atoms with Crippen molar-refractivity contribution in [1.82, 2.24) is 20.0 Å². The number of hydrogen-bond donors (Lipinski definition) is 1. The molecule has 2 heterocycles. The summed E-state index contributed by atoms with van der Waals surface area (Å²) in [5, 5.41) is 7.65. The summed E-state index contributed by atoms with van der Waals surface area (Å²) < 4.78 is 2.20. The van der Waals surface area contributed by atoms with Gasteiger partial charge in [-0.3, -0.25) is 4.68 Å². The van der Waals surface area contributed by atoms with Crippen LogP contribution in [-0.2, 0) is 0 Å². The van der Waals surface area contributed by atoms with Gasteiger partial charge >= 0.3 is 0 Å². The fraction of sp³-hybridized carbons (Fsp3) is 0.727. The Balaban J connectivity index is 2.08. The first kappa shape index (κ1) is 10.6. The summed E-state index contributed by atoms with van der Waals surface area (Å²) >= 11 is 0. The SMILES string of the molecule is CNCC(C)c1ccnn1C1CN(C)C1. The molecule has 1 aliphatic heterocycles. The number of nitrogens with one attached hydrogen (secondary N) is 1. The average Bonchev–Trinajstić information content (AvgIpc) is 2.61. The zero-order chi connectivity index (χ0) is 10.8. The van der Waals surface area contributed by atoms with E-state index < -0.39 is 0 Å². The summed E-state index contributed by atoms with van der Waals surface area (Å²) in [6.07, 6.45) is 1.92. The second kappa shape index (κ2) is 4.33. The third-order valence-electron chi connectivity index (χ3n) is 3.11. The maximum atomic E-state index is 4.44. The zero-order valence-corrected chi connectivity index (χ0v) is 9.77. The molecule has 1 fully saturated rings. The fourth-order valence-electron chi connectivity index (χ4n) is 2.25. The third kappa shape index (κ3) is 2.06. The molecule has 0 aliphatic carbocycles. The molecule has 0 bridgehead atoms. The Bertz CT molecular complexity index is 295. The van der Waals surface area contributed by atoms with Gasteiger partial charge in [0.25, 0.3) is 0 Å². The van der Waals surface area contributed by atoms with Crippen LogP contribution in [0.4, 0.5) is 0 Å². The van der Waals surface area contributed by atoms with E-state index in [1.807, 2.05) is 13.2 Å². The van der Waals surface area contributed by atoms with Crippen molar-refractivity contribution in [3.63, 3.8) is 0 Å². The Hall–Kier alpha value is -0.870. The standard InChI is InChI=1S/C11H20N4/c1-9(6-12-2)11-4-5-13-15(11)10-7-14(3)8-10/h4-5,9-10,12H,6-8H2,1-3H3. The second-order valence-corrected chi connectivity index (χ2v) is 4.53. The second-order valence-electron chi connectivity index (χ2n) is 4.53. The largest absolute Gasteiger partial charge is 0.319 e. The predicted molar refractivity (Wildman–Crippen MR) is 61.1 cm³/mol. The molecular formula is C11H20N4. The van der Waals surface area contributed by atoms with Crippen molar-refractivity contribution in [2.24, 2.45) is 0 Å². The van der Waals surface area contributed by atoms with Crippen molar-refractivity contribution in [3.8, 4) is 0 Å². The Morgan fingerprint density at radius 1 is 1.60 bits per heavy atom. The first-order valence-electron chi connectivity index (χ1n) is 5.59. The molecule has 0 spiro atoms. The van der Waals surface area contributed by atoms with Crippen molar-refractivity contribution in [3.05, 3.63) is 18.0 Å². The van der Waals surface area contributed by atoms with E-state index >= 15 is 0 Å². The molecule has 4 heteroatoms. The highest BCUT2D eigenvalue weighted by Crippen LogP contribution is 2.23. The molecule has 0 saturated carbocycles. The van der Waals surface area contributed by atoms with Gasteiger partial charge in [-0.2, -0.15) is 5.10 Å². The number of likely N-dealkylation sites (tertiary alicyclic amines) is 1. The van der Waals surface area contributed by atoms with E-state index in [1.165, 1.54) is 5.69 Å². The predicted octanol–water partition coefficient (Wildman–Crippen LogP) is 0.692. The van der Waals surface area contributed by atoms with Crippen LogP contribution in [0.3, 0.4) is 0 Å². The molecule has 1 saturated heterocycles. The maximum Gasteiger partial charge on any atom is 0.0775 e. The normalized spacial score (nSPS) is 20.2. The van der Waals surface area contributed by atoms with Gasteiger partial charge < -0.3 is 10.2 Å². The molecular weight excluding hydrogens is 188 g/mol. The van der Waals surface area contributed by atoms with E-state index in [2.05, 4.69) is 40.0 Å². The Morgan fingerprint density at radius 3 is 2.93 bits per heavy atom. The molecule has 1 atom stereocenters. The number of rotatable bonds is 4. The number of likely N-dealkylation sites (N-methyl/N-ethyl adjacent to an activating group) is 2. The summed E-state index contributed by atoms with van der Waals surface area (Å²) in [5.41, 5.74) is 1.35.